The fourth-order valence-corrected chi connectivity index (χ4v) is 5.63. The van der Waals surface area contributed by atoms with E-state index in [4.69, 9.17) is 4.74 Å². The minimum absolute atomic E-state index is 0.217. The van der Waals surface area contributed by atoms with Crippen LogP contribution in [0.2, 0.25) is 0 Å². The normalized spacial score (nSPS) is 19.1. The van der Waals surface area contributed by atoms with Crippen molar-refractivity contribution >= 4 is 40.3 Å². The standard InChI is InChI=1S/C24H26N4O4S/c1-14-12-16(3)21-19(13-14)24(28(18(5)30)26-23(33-24)25-17(4)29)22(31)27(21)10-11-32-20-9-7-6-8-15(20)2/h6-9,12-13H,10-11H2,1-5H3,(H,25,26,29). The highest BCUT2D eigenvalue weighted by molar-refractivity contribution is 8.15. The molecule has 1 spiro atoms. The lowest BCUT2D eigenvalue weighted by Gasteiger charge is -2.29. The highest BCUT2D eigenvalue weighted by atomic mass is 32.2. The molecule has 2 aliphatic heterocycles. The zero-order valence-electron chi connectivity index (χ0n) is 19.3. The third kappa shape index (κ3) is 3.86. The van der Waals surface area contributed by atoms with Gasteiger partial charge in [0, 0.05) is 19.4 Å². The summed E-state index contributed by atoms with van der Waals surface area (Å²) in [5, 5.41) is 8.33. The van der Waals surface area contributed by atoms with Gasteiger partial charge in [0.15, 0.2) is 5.17 Å². The highest BCUT2D eigenvalue weighted by Crippen LogP contribution is 2.55. The number of ether oxygens (including phenoxy) is 1. The van der Waals surface area contributed by atoms with Crippen LogP contribution in [0.4, 0.5) is 5.69 Å². The summed E-state index contributed by atoms with van der Waals surface area (Å²) in [5.74, 6) is -0.240. The van der Waals surface area contributed by atoms with Crippen molar-refractivity contribution in [1.82, 2.24) is 10.3 Å². The van der Waals surface area contributed by atoms with Gasteiger partial charge in [-0.05, 0) is 49.7 Å². The van der Waals surface area contributed by atoms with Crippen molar-refractivity contribution in [2.45, 2.75) is 39.5 Å². The average molecular weight is 467 g/mol. The predicted octanol–water partition coefficient (Wildman–Crippen LogP) is 3.19. The van der Waals surface area contributed by atoms with Crippen LogP contribution in [-0.4, -0.2) is 41.0 Å². The number of hydrogen-bond acceptors (Lipinski definition) is 6. The molecule has 4 rings (SSSR count). The number of amides is 3. The maximum absolute atomic E-state index is 14.0. The van der Waals surface area contributed by atoms with Crippen LogP contribution in [0.3, 0.4) is 0 Å². The van der Waals surface area contributed by atoms with E-state index in [0.717, 1.165) is 39.9 Å². The summed E-state index contributed by atoms with van der Waals surface area (Å²) in [6.07, 6.45) is 0. The van der Waals surface area contributed by atoms with E-state index in [-0.39, 0.29) is 29.5 Å². The van der Waals surface area contributed by atoms with Crippen molar-refractivity contribution in [1.29, 1.82) is 0 Å². The molecular weight excluding hydrogens is 440 g/mol. The van der Waals surface area contributed by atoms with Crippen molar-refractivity contribution in [2.75, 3.05) is 18.1 Å². The number of nitrogens with one attached hydrogen (secondary N) is 1. The first-order valence-electron chi connectivity index (χ1n) is 10.6. The van der Waals surface area contributed by atoms with Crippen LogP contribution in [0.1, 0.15) is 36.1 Å². The monoisotopic (exact) mass is 466 g/mol. The zero-order chi connectivity index (χ0) is 23.9. The number of amidine groups is 1. The molecule has 0 aliphatic carbocycles. The maximum Gasteiger partial charge on any atom is 0.270 e. The van der Waals surface area contributed by atoms with Gasteiger partial charge in [0.1, 0.15) is 12.4 Å². The van der Waals surface area contributed by atoms with Crippen LogP contribution >= 0.6 is 11.8 Å². The topological polar surface area (TPSA) is 91.3 Å². The Morgan fingerprint density at radius 3 is 2.52 bits per heavy atom. The van der Waals surface area contributed by atoms with Gasteiger partial charge in [0.25, 0.3) is 5.91 Å². The van der Waals surface area contributed by atoms with Crippen molar-refractivity contribution in [3.63, 3.8) is 0 Å². The van der Waals surface area contributed by atoms with Crippen molar-refractivity contribution in [3.05, 3.63) is 58.7 Å². The van der Waals surface area contributed by atoms with Crippen molar-refractivity contribution in [3.8, 4) is 5.75 Å². The van der Waals surface area contributed by atoms with Gasteiger partial charge in [0.05, 0.1) is 12.2 Å². The van der Waals surface area contributed by atoms with E-state index in [0.29, 0.717) is 12.1 Å². The third-order valence-corrected chi connectivity index (χ3v) is 6.84. The van der Waals surface area contributed by atoms with E-state index < -0.39 is 4.87 Å². The number of hydrogen-bond donors (Lipinski definition) is 1. The Morgan fingerprint density at radius 1 is 1.12 bits per heavy atom. The molecule has 1 atom stereocenters. The molecule has 9 heteroatoms. The number of thioether (sulfide) groups is 1. The molecule has 2 aromatic carbocycles. The number of nitrogens with zero attached hydrogens (tertiary/aromatic N) is 3. The third-order valence-electron chi connectivity index (χ3n) is 5.60. The molecule has 1 unspecified atom stereocenters. The van der Waals surface area contributed by atoms with E-state index in [2.05, 4.69) is 10.4 Å². The second kappa shape index (κ2) is 8.55. The van der Waals surface area contributed by atoms with E-state index in [9.17, 15) is 14.4 Å². The lowest BCUT2D eigenvalue weighted by molar-refractivity contribution is -0.139. The fraction of sp³-hybridized carbons (Fsp3) is 0.333. The number of hydrazone groups is 1. The molecule has 3 amide bonds. The van der Waals surface area contributed by atoms with Gasteiger partial charge in [-0.1, -0.05) is 35.9 Å². The van der Waals surface area contributed by atoms with E-state index in [1.165, 1.54) is 18.9 Å². The van der Waals surface area contributed by atoms with Gasteiger partial charge in [-0.25, -0.2) is 0 Å². The number of carbonyl (C=O) groups is 3. The van der Waals surface area contributed by atoms with Gasteiger partial charge in [-0.2, -0.15) is 5.01 Å². The van der Waals surface area contributed by atoms with Crippen LogP contribution in [0, 0.1) is 20.8 Å². The van der Waals surface area contributed by atoms with Crippen molar-refractivity contribution < 1.29 is 19.1 Å². The summed E-state index contributed by atoms with van der Waals surface area (Å²) in [4.78, 5) is 38.5. The number of aryl methyl sites for hydroxylation is 3. The molecule has 33 heavy (non-hydrogen) atoms. The van der Waals surface area contributed by atoms with Gasteiger partial charge in [0.2, 0.25) is 16.7 Å². The molecule has 8 nitrogen and oxygen atoms in total. The van der Waals surface area contributed by atoms with Crippen LogP contribution in [0.5, 0.6) is 5.75 Å². The molecule has 0 saturated carbocycles. The first kappa shape index (κ1) is 22.8. The van der Waals surface area contributed by atoms with Gasteiger partial charge in [-0.15, -0.1) is 5.10 Å². The van der Waals surface area contributed by atoms with Gasteiger partial charge in [-0.3, -0.25) is 14.4 Å². The Kier molecular flexibility index (Phi) is 5.92. The Bertz CT molecular complexity index is 1190. The summed E-state index contributed by atoms with van der Waals surface area (Å²) in [5.41, 5.74) is 4.33. The van der Waals surface area contributed by atoms with Gasteiger partial charge >= 0.3 is 0 Å². The Balaban J connectivity index is 1.72. The minimum atomic E-state index is -1.40. The summed E-state index contributed by atoms with van der Waals surface area (Å²) in [6.45, 7) is 9.16. The first-order chi connectivity index (χ1) is 15.6. The van der Waals surface area contributed by atoms with E-state index >= 15 is 0 Å². The Labute approximate surface area is 197 Å². The predicted molar refractivity (Wildman–Crippen MR) is 128 cm³/mol. The molecule has 0 aromatic heterocycles. The largest absolute Gasteiger partial charge is 0.491 e. The molecule has 172 valence electrons. The summed E-state index contributed by atoms with van der Waals surface area (Å²) < 4.78 is 5.96. The lowest BCUT2D eigenvalue weighted by Crippen LogP contribution is -2.49. The molecule has 1 N–H and O–H groups in total. The van der Waals surface area contributed by atoms with E-state index in [1.54, 1.807) is 4.90 Å². The molecular formula is C24H26N4O4S. The molecule has 0 fully saturated rings. The number of benzene rings is 2. The Hall–Kier alpha value is -3.33. The number of para-hydroxylation sites is 1. The van der Waals surface area contributed by atoms with Crippen LogP contribution < -0.4 is 15.0 Å². The fourth-order valence-electron chi connectivity index (χ4n) is 4.32. The molecule has 0 bridgehead atoms. The molecule has 2 aromatic rings. The summed E-state index contributed by atoms with van der Waals surface area (Å²) in [7, 11) is 0. The van der Waals surface area contributed by atoms with E-state index in [1.807, 2.05) is 57.2 Å². The lowest BCUT2D eigenvalue weighted by atomic mass is 10.0. The van der Waals surface area contributed by atoms with Crippen LogP contribution in [-0.2, 0) is 19.3 Å². The van der Waals surface area contributed by atoms with Crippen LogP contribution in [0.15, 0.2) is 41.5 Å². The van der Waals surface area contributed by atoms with Crippen molar-refractivity contribution in [2.24, 2.45) is 5.10 Å². The summed E-state index contributed by atoms with van der Waals surface area (Å²) >= 11 is 1.08. The molecule has 0 radical (unpaired) electrons. The SMILES string of the molecule is CC(=O)NC1=NN(C(C)=O)C2(S1)C(=O)N(CCOc1ccccc1C)c1c(C)cc(C)cc12. The number of anilines is 1. The smallest absolute Gasteiger partial charge is 0.270 e. The number of rotatable bonds is 4. The Morgan fingerprint density at radius 2 is 1.85 bits per heavy atom. The average Bonchev–Trinajstić information content (AvgIpc) is 3.21. The molecule has 0 saturated heterocycles. The number of carbonyl (C=O) groups excluding carboxylic acids is 3. The van der Waals surface area contributed by atoms with Crippen LogP contribution in [0.25, 0.3) is 0 Å². The zero-order valence-corrected chi connectivity index (χ0v) is 20.1. The maximum atomic E-state index is 14.0. The molecule has 2 aliphatic rings. The minimum Gasteiger partial charge on any atom is -0.491 e. The molecule has 2 heterocycles. The highest BCUT2D eigenvalue weighted by Gasteiger charge is 2.61. The number of fused-ring (bicyclic) bond motifs is 2. The first-order valence-corrected chi connectivity index (χ1v) is 11.4. The second-order valence-corrected chi connectivity index (χ2v) is 9.39. The summed E-state index contributed by atoms with van der Waals surface area (Å²) in [6, 6.07) is 11.6. The quantitative estimate of drug-likeness (QED) is 0.747. The second-order valence-electron chi connectivity index (χ2n) is 8.21. The van der Waals surface area contributed by atoms with Gasteiger partial charge < -0.3 is 15.0 Å².